The van der Waals surface area contributed by atoms with Gasteiger partial charge in [0.15, 0.2) is 0 Å². The van der Waals surface area contributed by atoms with Crippen molar-refractivity contribution >= 4 is 11.3 Å². The van der Waals surface area contributed by atoms with Crippen LogP contribution in [0.3, 0.4) is 0 Å². The number of nitrogens with one attached hydrogen (secondary N) is 1. The third-order valence-corrected chi connectivity index (χ3v) is 4.82. The van der Waals surface area contributed by atoms with Crippen LogP contribution in [0.1, 0.15) is 36.6 Å². The van der Waals surface area contributed by atoms with Gasteiger partial charge in [-0.25, -0.2) is 0 Å². The van der Waals surface area contributed by atoms with Crippen molar-refractivity contribution in [1.29, 1.82) is 0 Å². The van der Waals surface area contributed by atoms with Crippen molar-refractivity contribution in [2.24, 2.45) is 5.92 Å². The predicted molar refractivity (Wildman–Crippen MR) is 60.7 cm³/mol. The molecule has 2 heteroatoms. The van der Waals surface area contributed by atoms with Gasteiger partial charge in [-0.3, -0.25) is 0 Å². The van der Waals surface area contributed by atoms with Crippen molar-refractivity contribution in [3.63, 3.8) is 0 Å². The van der Waals surface area contributed by atoms with Crippen LogP contribution in [0, 0.1) is 5.92 Å². The maximum atomic E-state index is 3.77. The van der Waals surface area contributed by atoms with Gasteiger partial charge in [0.05, 0.1) is 0 Å². The quantitative estimate of drug-likeness (QED) is 0.690. The summed E-state index contributed by atoms with van der Waals surface area (Å²) in [6.45, 7) is 3.57. The van der Waals surface area contributed by atoms with E-state index in [9.17, 15) is 0 Å². The molecule has 0 aromatic carbocycles. The first-order valence-corrected chi connectivity index (χ1v) is 6.50. The summed E-state index contributed by atoms with van der Waals surface area (Å²) in [7, 11) is 0. The van der Waals surface area contributed by atoms with Gasteiger partial charge in [0.1, 0.15) is 0 Å². The number of hydrogen-bond donors (Lipinski definition) is 1. The van der Waals surface area contributed by atoms with Gasteiger partial charge in [-0.05, 0) is 48.6 Å². The Morgan fingerprint density at radius 3 is 3.29 bits per heavy atom. The van der Waals surface area contributed by atoms with E-state index in [2.05, 4.69) is 23.7 Å². The zero-order valence-electron chi connectivity index (χ0n) is 8.68. The van der Waals surface area contributed by atoms with E-state index in [1.165, 1.54) is 32.2 Å². The molecule has 2 aliphatic rings. The van der Waals surface area contributed by atoms with Crippen molar-refractivity contribution in [3.05, 3.63) is 21.9 Å². The highest BCUT2D eigenvalue weighted by Crippen LogP contribution is 2.45. The number of rotatable bonds is 0. The largest absolute Gasteiger partial charge is 0.307 e. The second-order valence-corrected chi connectivity index (χ2v) is 5.86. The zero-order chi connectivity index (χ0) is 9.60. The fourth-order valence-electron chi connectivity index (χ4n) is 3.17. The van der Waals surface area contributed by atoms with Gasteiger partial charge in [-0.2, -0.15) is 0 Å². The summed E-state index contributed by atoms with van der Waals surface area (Å²) in [5.74, 6) is 0.897. The van der Waals surface area contributed by atoms with E-state index >= 15 is 0 Å². The molecule has 3 rings (SSSR count). The first-order valence-electron chi connectivity index (χ1n) is 5.62. The molecule has 1 saturated carbocycles. The monoisotopic (exact) mass is 207 g/mol. The zero-order valence-corrected chi connectivity index (χ0v) is 9.49. The third-order valence-electron chi connectivity index (χ3n) is 3.84. The Labute approximate surface area is 89.5 Å². The normalized spacial score (nSPS) is 36.2. The van der Waals surface area contributed by atoms with Crippen molar-refractivity contribution in [2.45, 2.75) is 38.1 Å². The highest BCUT2D eigenvalue weighted by molar-refractivity contribution is 7.10. The molecule has 1 aromatic heterocycles. The van der Waals surface area contributed by atoms with Gasteiger partial charge >= 0.3 is 0 Å². The topological polar surface area (TPSA) is 12.0 Å². The molecule has 2 unspecified atom stereocenters. The summed E-state index contributed by atoms with van der Waals surface area (Å²) in [4.78, 5) is 1.64. The van der Waals surface area contributed by atoms with Crippen LogP contribution in [-0.4, -0.2) is 6.54 Å². The molecule has 1 spiro atoms. The van der Waals surface area contributed by atoms with Crippen LogP contribution in [0.2, 0.25) is 0 Å². The molecule has 1 aliphatic carbocycles. The van der Waals surface area contributed by atoms with Crippen LogP contribution >= 0.6 is 11.3 Å². The van der Waals surface area contributed by atoms with Gasteiger partial charge in [0.25, 0.3) is 0 Å². The summed E-state index contributed by atoms with van der Waals surface area (Å²) in [5, 5.41) is 6.04. The molecule has 2 heterocycles. The lowest BCUT2D eigenvalue weighted by atomic mass is 9.84. The summed E-state index contributed by atoms with van der Waals surface area (Å²) in [6.07, 6.45) is 5.32. The lowest BCUT2D eigenvalue weighted by molar-refractivity contribution is 0.317. The van der Waals surface area contributed by atoms with Crippen molar-refractivity contribution < 1.29 is 0 Å². The minimum Gasteiger partial charge on any atom is -0.307 e. The average molecular weight is 207 g/mol. The fourth-order valence-corrected chi connectivity index (χ4v) is 4.15. The van der Waals surface area contributed by atoms with Crippen molar-refractivity contribution in [2.75, 3.05) is 6.54 Å². The number of thiophene rings is 1. The highest BCUT2D eigenvalue weighted by Gasteiger charge is 2.41. The van der Waals surface area contributed by atoms with Crippen molar-refractivity contribution in [3.8, 4) is 0 Å². The molecule has 0 bridgehead atoms. The maximum absolute atomic E-state index is 3.77. The van der Waals surface area contributed by atoms with Gasteiger partial charge in [0.2, 0.25) is 0 Å². The molecule has 0 amide bonds. The van der Waals surface area contributed by atoms with Gasteiger partial charge < -0.3 is 5.32 Å². The highest BCUT2D eigenvalue weighted by atomic mass is 32.1. The molecular weight excluding hydrogens is 190 g/mol. The van der Waals surface area contributed by atoms with Gasteiger partial charge in [-0.1, -0.05) is 6.92 Å². The first kappa shape index (κ1) is 8.93. The van der Waals surface area contributed by atoms with E-state index in [1.54, 1.807) is 10.4 Å². The van der Waals surface area contributed by atoms with Crippen LogP contribution < -0.4 is 5.32 Å². The summed E-state index contributed by atoms with van der Waals surface area (Å²) >= 11 is 1.95. The second kappa shape index (κ2) is 3.07. The molecule has 1 N–H and O–H groups in total. The lowest BCUT2D eigenvalue weighted by Gasteiger charge is -2.35. The molecule has 1 aliphatic heterocycles. The number of fused-ring (bicyclic) bond motifs is 2. The molecule has 1 aromatic rings. The smallest absolute Gasteiger partial charge is 0.0448 e. The summed E-state index contributed by atoms with van der Waals surface area (Å²) in [5.41, 5.74) is 1.99. The molecule has 14 heavy (non-hydrogen) atoms. The maximum Gasteiger partial charge on any atom is 0.0448 e. The Morgan fingerprint density at radius 1 is 1.57 bits per heavy atom. The van der Waals surface area contributed by atoms with Crippen LogP contribution in [0.25, 0.3) is 0 Å². The minimum atomic E-state index is 0.368. The first-order chi connectivity index (χ1) is 6.80. The molecule has 0 saturated heterocycles. The fraction of sp³-hybridized carbons (Fsp3) is 0.667. The van der Waals surface area contributed by atoms with Crippen LogP contribution in [0.4, 0.5) is 0 Å². The standard InChI is InChI=1S/C12H17NS/c1-9-2-5-12(8-9)10-4-7-14-11(10)3-6-13-12/h4,7,9,13H,2-3,5-6,8H2,1H3. The minimum absolute atomic E-state index is 0.368. The molecule has 76 valence electrons. The summed E-state index contributed by atoms with van der Waals surface area (Å²) in [6, 6.07) is 2.35. The lowest BCUT2D eigenvalue weighted by Crippen LogP contribution is -2.44. The second-order valence-electron chi connectivity index (χ2n) is 4.86. The van der Waals surface area contributed by atoms with E-state index < -0.39 is 0 Å². The molecular formula is C12H17NS. The Balaban J connectivity index is 2.03. The third kappa shape index (κ3) is 1.17. The van der Waals surface area contributed by atoms with E-state index in [4.69, 9.17) is 0 Å². The van der Waals surface area contributed by atoms with Crippen molar-refractivity contribution in [1.82, 2.24) is 5.32 Å². The molecule has 1 fully saturated rings. The summed E-state index contributed by atoms with van der Waals surface area (Å²) < 4.78 is 0. The Hall–Kier alpha value is -0.340. The van der Waals surface area contributed by atoms with Crippen LogP contribution in [0.5, 0.6) is 0 Å². The SMILES string of the molecule is CC1CCC2(C1)NCCc1sccc12. The van der Waals surface area contributed by atoms with E-state index in [0.29, 0.717) is 5.54 Å². The molecule has 2 atom stereocenters. The Kier molecular flexibility index (Phi) is 1.96. The predicted octanol–water partition coefficient (Wildman–Crippen LogP) is 2.91. The molecule has 1 nitrogen and oxygen atoms in total. The van der Waals surface area contributed by atoms with E-state index in [0.717, 1.165) is 5.92 Å². The Bertz CT molecular complexity index is 344. The number of hydrogen-bond acceptors (Lipinski definition) is 2. The average Bonchev–Trinajstić information content (AvgIpc) is 2.75. The van der Waals surface area contributed by atoms with Crippen LogP contribution in [0.15, 0.2) is 11.4 Å². The van der Waals surface area contributed by atoms with Gasteiger partial charge in [0, 0.05) is 17.0 Å². The molecule has 0 radical (unpaired) electrons. The Morgan fingerprint density at radius 2 is 2.50 bits per heavy atom. The van der Waals surface area contributed by atoms with E-state index in [-0.39, 0.29) is 0 Å². The van der Waals surface area contributed by atoms with E-state index in [1.807, 2.05) is 11.3 Å². The van der Waals surface area contributed by atoms with Crippen LogP contribution in [-0.2, 0) is 12.0 Å². The van der Waals surface area contributed by atoms with Gasteiger partial charge in [-0.15, -0.1) is 11.3 Å².